The zero-order chi connectivity index (χ0) is 11.9. The van der Waals surface area contributed by atoms with Crippen molar-refractivity contribution in [3.05, 3.63) is 10.6 Å². The van der Waals surface area contributed by atoms with Crippen molar-refractivity contribution >= 4 is 12.2 Å². The van der Waals surface area contributed by atoms with Crippen LogP contribution in [0, 0.1) is 4.77 Å². The molecule has 0 aliphatic carbocycles. The van der Waals surface area contributed by atoms with E-state index in [0.717, 1.165) is 22.2 Å². The lowest BCUT2D eigenvalue weighted by atomic mass is 10.4. The highest BCUT2D eigenvalue weighted by Crippen LogP contribution is 2.28. The van der Waals surface area contributed by atoms with Crippen LogP contribution in [0.15, 0.2) is 0 Å². The number of nitrogens with zero attached hydrogens (tertiary/aromatic N) is 4. The Hall–Kier alpha value is -1.05. The van der Waals surface area contributed by atoms with E-state index in [-0.39, 0.29) is 4.77 Å². The summed E-state index contributed by atoms with van der Waals surface area (Å²) in [6, 6.07) is 0. The van der Waals surface area contributed by atoms with Gasteiger partial charge in [-0.05, 0) is 25.1 Å². The van der Waals surface area contributed by atoms with Gasteiger partial charge in [0, 0.05) is 20.1 Å². The molecule has 0 bridgehead atoms. The quantitative estimate of drug-likeness (QED) is 0.712. The Morgan fingerprint density at radius 2 is 1.81 bits per heavy atom. The van der Waals surface area contributed by atoms with Crippen molar-refractivity contribution in [2.45, 2.75) is 19.0 Å². The minimum Gasteiger partial charge on any atom is -0.309 e. The minimum atomic E-state index is -4.47. The normalized spacial score (nSPS) is 17.1. The smallest absolute Gasteiger partial charge is 0.309 e. The second-order valence-corrected chi connectivity index (χ2v) is 4.07. The average Bonchev–Trinajstić information content (AvgIpc) is 2.75. The van der Waals surface area contributed by atoms with Gasteiger partial charge in [0.25, 0.3) is 5.82 Å². The molecule has 0 aromatic carbocycles. The van der Waals surface area contributed by atoms with Crippen molar-refractivity contribution in [3.8, 4) is 0 Å². The van der Waals surface area contributed by atoms with Gasteiger partial charge in [-0.15, -0.1) is 5.10 Å². The topological polar surface area (TPSA) is 26.0 Å². The van der Waals surface area contributed by atoms with Gasteiger partial charge in [0.05, 0.1) is 0 Å². The van der Waals surface area contributed by atoms with Gasteiger partial charge >= 0.3 is 6.18 Å². The van der Waals surface area contributed by atoms with Crippen LogP contribution in [0.5, 0.6) is 0 Å². The average molecular weight is 252 g/mol. The van der Waals surface area contributed by atoms with E-state index in [1.165, 1.54) is 7.05 Å². The fourth-order valence-electron chi connectivity index (χ4n) is 1.79. The summed E-state index contributed by atoms with van der Waals surface area (Å²) in [5, 5.41) is 5.03. The van der Waals surface area contributed by atoms with E-state index < -0.39 is 12.0 Å². The van der Waals surface area contributed by atoms with Gasteiger partial charge in [-0.3, -0.25) is 0 Å². The summed E-state index contributed by atoms with van der Waals surface area (Å²) in [6.07, 6.45) is -2.71. The van der Waals surface area contributed by atoms with Gasteiger partial charge < -0.3 is 5.01 Å². The van der Waals surface area contributed by atoms with Gasteiger partial charge in [0.2, 0.25) is 4.77 Å². The molecular formula is C8H11F3N4S. The van der Waals surface area contributed by atoms with Gasteiger partial charge in [-0.2, -0.15) is 13.2 Å². The molecule has 1 aliphatic rings. The van der Waals surface area contributed by atoms with Crippen LogP contribution < -0.4 is 5.01 Å². The molecule has 0 amide bonds. The summed E-state index contributed by atoms with van der Waals surface area (Å²) in [5.74, 6) is -0.943. The molecule has 0 radical (unpaired) electrons. The fourth-order valence-corrected chi connectivity index (χ4v) is 2.03. The molecule has 1 fully saturated rings. The van der Waals surface area contributed by atoms with E-state index in [2.05, 4.69) is 5.10 Å². The van der Waals surface area contributed by atoms with Gasteiger partial charge in [-0.1, -0.05) is 0 Å². The Morgan fingerprint density at radius 1 is 1.25 bits per heavy atom. The highest BCUT2D eigenvalue weighted by Gasteiger charge is 2.39. The third-order valence-corrected chi connectivity index (χ3v) is 2.96. The molecule has 0 N–H and O–H groups in total. The van der Waals surface area contributed by atoms with E-state index in [9.17, 15) is 13.2 Å². The molecule has 90 valence electrons. The lowest BCUT2D eigenvalue weighted by molar-refractivity contribution is -0.147. The summed E-state index contributed by atoms with van der Waals surface area (Å²) in [5.41, 5.74) is 0. The SMILES string of the molecule is Cn1nc(C(F)(F)F)n(N2CCCC2)c1=S. The van der Waals surface area contributed by atoms with E-state index in [4.69, 9.17) is 12.2 Å². The predicted octanol–water partition coefficient (Wildman–Crippen LogP) is 1.70. The molecule has 0 saturated carbocycles. The van der Waals surface area contributed by atoms with E-state index >= 15 is 0 Å². The monoisotopic (exact) mass is 252 g/mol. The van der Waals surface area contributed by atoms with Crippen LogP contribution in [-0.2, 0) is 13.2 Å². The van der Waals surface area contributed by atoms with Crippen molar-refractivity contribution in [2.75, 3.05) is 18.1 Å². The molecule has 0 atom stereocenters. The molecule has 2 rings (SSSR count). The first-order chi connectivity index (χ1) is 7.41. The summed E-state index contributed by atoms with van der Waals surface area (Å²) >= 11 is 4.94. The first-order valence-corrected chi connectivity index (χ1v) is 5.30. The summed E-state index contributed by atoms with van der Waals surface area (Å²) in [6.45, 7) is 1.17. The zero-order valence-corrected chi connectivity index (χ0v) is 9.48. The van der Waals surface area contributed by atoms with E-state index in [0.29, 0.717) is 13.1 Å². The molecule has 2 heterocycles. The van der Waals surface area contributed by atoms with Crippen molar-refractivity contribution < 1.29 is 13.2 Å². The largest absolute Gasteiger partial charge is 0.453 e. The second kappa shape index (κ2) is 3.76. The Morgan fingerprint density at radius 3 is 2.31 bits per heavy atom. The number of aryl methyl sites for hydroxylation is 1. The molecule has 1 aliphatic heterocycles. The maximum atomic E-state index is 12.7. The third kappa shape index (κ3) is 1.81. The zero-order valence-electron chi connectivity index (χ0n) is 8.66. The van der Waals surface area contributed by atoms with Gasteiger partial charge in [-0.25, -0.2) is 9.36 Å². The van der Waals surface area contributed by atoms with Crippen molar-refractivity contribution in [1.82, 2.24) is 14.5 Å². The molecule has 8 heteroatoms. The lowest BCUT2D eigenvalue weighted by Crippen LogP contribution is -2.35. The maximum Gasteiger partial charge on any atom is 0.453 e. The predicted molar refractivity (Wildman–Crippen MR) is 54.2 cm³/mol. The summed E-state index contributed by atoms with van der Waals surface area (Å²) < 4.78 is 40.3. The van der Waals surface area contributed by atoms with Gasteiger partial charge in [0.15, 0.2) is 0 Å². The van der Waals surface area contributed by atoms with Crippen molar-refractivity contribution in [1.29, 1.82) is 0 Å². The van der Waals surface area contributed by atoms with Crippen LogP contribution in [0.1, 0.15) is 18.7 Å². The van der Waals surface area contributed by atoms with Crippen LogP contribution in [0.2, 0.25) is 0 Å². The highest BCUT2D eigenvalue weighted by atomic mass is 32.1. The fraction of sp³-hybridized carbons (Fsp3) is 0.750. The molecule has 4 nitrogen and oxygen atoms in total. The molecule has 0 unspecified atom stereocenters. The first-order valence-electron chi connectivity index (χ1n) is 4.90. The van der Waals surface area contributed by atoms with Gasteiger partial charge in [0.1, 0.15) is 0 Å². The number of rotatable bonds is 1. The van der Waals surface area contributed by atoms with Crippen LogP contribution in [0.25, 0.3) is 0 Å². The summed E-state index contributed by atoms with van der Waals surface area (Å²) in [4.78, 5) is 0. The third-order valence-electron chi connectivity index (χ3n) is 2.52. The number of halogens is 3. The Labute approximate surface area is 95.2 Å². The Kier molecular flexibility index (Phi) is 2.69. The Bertz CT molecular complexity index is 441. The number of hydrogen-bond acceptors (Lipinski definition) is 3. The number of aromatic nitrogens is 3. The lowest BCUT2D eigenvalue weighted by Gasteiger charge is -2.20. The molecular weight excluding hydrogens is 241 g/mol. The minimum absolute atomic E-state index is 0.0780. The molecule has 16 heavy (non-hydrogen) atoms. The Balaban J connectivity index is 2.53. The molecule has 0 spiro atoms. The molecule has 1 saturated heterocycles. The van der Waals surface area contributed by atoms with Crippen molar-refractivity contribution in [3.63, 3.8) is 0 Å². The summed E-state index contributed by atoms with van der Waals surface area (Å²) in [7, 11) is 1.42. The van der Waals surface area contributed by atoms with Crippen LogP contribution in [-0.4, -0.2) is 27.5 Å². The number of alkyl halides is 3. The van der Waals surface area contributed by atoms with E-state index in [1.807, 2.05) is 0 Å². The van der Waals surface area contributed by atoms with Crippen LogP contribution in [0.3, 0.4) is 0 Å². The van der Waals surface area contributed by atoms with Crippen LogP contribution >= 0.6 is 12.2 Å². The molecule has 1 aromatic heterocycles. The van der Waals surface area contributed by atoms with E-state index in [1.54, 1.807) is 5.01 Å². The number of hydrogen-bond donors (Lipinski definition) is 0. The standard InChI is InChI=1S/C8H11F3N4S/c1-13-7(16)15(14-4-2-3-5-14)6(12-13)8(9,10)11/h2-5H2,1H3. The van der Waals surface area contributed by atoms with Crippen LogP contribution in [0.4, 0.5) is 13.2 Å². The molecule has 1 aromatic rings. The second-order valence-electron chi connectivity index (χ2n) is 3.70. The highest BCUT2D eigenvalue weighted by molar-refractivity contribution is 7.71. The first kappa shape index (κ1) is 11.4. The van der Waals surface area contributed by atoms with Crippen molar-refractivity contribution in [2.24, 2.45) is 7.05 Å². The maximum absolute atomic E-state index is 12.7.